The molecule has 0 saturated carbocycles. The van der Waals surface area contributed by atoms with E-state index in [0.717, 1.165) is 22.9 Å². The van der Waals surface area contributed by atoms with Crippen molar-refractivity contribution in [2.45, 2.75) is 46.4 Å². The highest BCUT2D eigenvalue weighted by Crippen LogP contribution is 2.37. The topological polar surface area (TPSA) is 79.9 Å². The van der Waals surface area contributed by atoms with Gasteiger partial charge in [0.05, 0.1) is 18.3 Å². The minimum Gasteiger partial charge on any atom is -0.491 e. The van der Waals surface area contributed by atoms with E-state index in [2.05, 4.69) is 33.5 Å². The molecule has 4 aromatic rings. The van der Waals surface area contributed by atoms with Crippen LogP contribution >= 0.6 is 0 Å². The van der Waals surface area contributed by atoms with Gasteiger partial charge in [-0.05, 0) is 45.9 Å². The Bertz CT molecular complexity index is 1310. The van der Waals surface area contributed by atoms with Crippen LogP contribution in [0.2, 0.25) is 0 Å². The lowest BCUT2D eigenvalue weighted by Gasteiger charge is -2.17. The van der Waals surface area contributed by atoms with Crippen LogP contribution in [0.15, 0.2) is 42.9 Å². The van der Waals surface area contributed by atoms with E-state index in [1.165, 1.54) is 6.20 Å². The molecule has 0 N–H and O–H groups in total. The molecule has 1 atom stereocenters. The third-order valence-corrected chi connectivity index (χ3v) is 5.57. The number of pyridine rings is 1. The molecule has 0 radical (unpaired) electrons. The molecule has 1 aliphatic heterocycles. The van der Waals surface area contributed by atoms with Crippen molar-refractivity contribution in [1.29, 1.82) is 0 Å². The van der Waals surface area contributed by atoms with Gasteiger partial charge in [0.2, 0.25) is 0 Å². The third kappa shape index (κ3) is 3.94. The molecule has 0 aliphatic carbocycles. The Balaban J connectivity index is 1.48. The molecule has 170 valence electrons. The number of ether oxygens (including phenoxy) is 2. The first-order chi connectivity index (χ1) is 15.9. The lowest BCUT2D eigenvalue weighted by Crippen LogP contribution is -2.07. The van der Waals surface area contributed by atoms with Crippen molar-refractivity contribution in [2.24, 2.45) is 0 Å². The number of benzene rings is 1. The summed E-state index contributed by atoms with van der Waals surface area (Å²) in [5.74, 6) is 3.13. The fourth-order valence-electron chi connectivity index (χ4n) is 3.99. The van der Waals surface area contributed by atoms with Gasteiger partial charge in [0.15, 0.2) is 5.82 Å². The SMILES string of the molecule is Cc1nc(-c2cn3c(n2)-c2ccc(OC(C)c4ccncc4F)cc2OCC3)n(C(C)C)n1. The van der Waals surface area contributed by atoms with Crippen molar-refractivity contribution < 1.29 is 13.9 Å². The van der Waals surface area contributed by atoms with E-state index in [1.54, 1.807) is 19.2 Å². The second kappa shape index (κ2) is 8.31. The molecule has 0 fully saturated rings. The maximum Gasteiger partial charge on any atom is 0.178 e. The van der Waals surface area contributed by atoms with Gasteiger partial charge < -0.3 is 14.0 Å². The van der Waals surface area contributed by atoms with Crippen LogP contribution in [0.3, 0.4) is 0 Å². The quantitative estimate of drug-likeness (QED) is 0.438. The molecule has 4 heterocycles. The average molecular weight is 449 g/mol. The Morgan fingerprint density at radius 3 is 2.76 bits per heavy atom. The molecule has 33 heavy (non-hydrogen) atoms. The first kappa shape index (κ1) is 21.1. The lowest BCUT2D eigenvalue weighted by atomic mass is 10.1. The molecule has 0 saturated heterocycles. The predicted molar refractivity (Wildman–Crippen MR) is 121 cm³/mol. The zero-order valence-electron chi connectivity index (χ0n) is 19.0. The molecule has 0 amide bonds. The van der Waals surface area contributed by atoms with Crippen molar-refractivity contribution in [3.63, 3.8) is 0 Å². The van der Waals surface area contributed by atoms with Crippen LogP contribution in [-0.2, 0) is 6.54 Å². The third-order valence-electron chi connectivity index (χ3n) is 5.57. The molecule has 1 aliphatic rings. The number of aryl methyl sites for hydroxylation is 1. The van der Waals surface area contributed by atoms with Crippen LogP contribution in [-0.4, -0.2) is 35.9 Å². The van der Waals surface area contributed by atoms with Crippen molar-refractivity contribution >= 4 is 0 Å². The zero-order chi connectivity index (χ0) is 23.1. The highest BCUT2D eigenvalue weighted by molar-refractivity contribution is 5.69. The van der Waals surface area contributed by atoms with E-state index in [9.17, 15) is 4.39 Å². The van der Waals surface area contributed by atoms with E-state index in [4.69, 9.17) is 14.5 Å². The Hall–Kier alpha value is -3.75. The van der Waals surface area contributed by atoms with Crippen LogP contribution in [0.25, 0.3) is 22.9 Å². The highest BCUT2D eigenvalue weighted by Gasteiger charge is 2.23. The smallest absolute Gasteiger partial charge is 0.178 e. The molecule has 1 aromatic carbocycles. The molecule has 0 bridgehead atoms. The van der Waals surface area contributed by atoms with Crippen LogP contribution in [0.4, 0.5) is 4.39 Å². The van der Waals surface area contributed by atoms with E-state index >= 15 is 0 Å². The van der Waals surface area contributed by atoms with Gasteiger partial charge in [0, 0.05) is 30.1 Å². The van der Waals surface area contributed by atoms with Crippen LogP contribution < -0.4 is 9.47 Å². The normalized spacial score (nSPS) is 13.8. The minimum atomic E-state index is -0.476. The summed E-state index contributed by atoms with van der Waals surface area (Å²) >= 11 is 0. The monoisotopic (exact) mass is 448 g/mol. The highest BCUT2D eigenvalue weighted by atomic mass is 19.1. The van der Waals surface area contributed by atoms with Gasteiger partial charge in [0.1, 0.15) is 47.4 Å². The number of fused-ring (bicyclic) bond motifs is 3. The molecule has 0 spiro atoms. The predicted octanol–water partition coefficient (Wildman–Crippen LogP) is 4.76. The molecule has 3 aromatic heterocycles. The number of imidazole rings is 1. The summed E-state index contributed by atoms with van der Waals surface area (Å²) in [4.78, 5) is 13.3. The molecule has 9 heteroatoms. The van der Waals surface area contributed by atoms with E-state index in [-0.39, 0.29) is 6.04 Å². The standard InChI is InChI=1S/C24H25FN6O2/c1-14(2)31-24(27-16(4)29-31)21-13-30-9-10-32-22-11-17(5-6-19(22)23(30)28-21)33-15(3)18-7-8-26-12-20(18)25/h5-8,11-15H,9-10H2,1-4H3. The van der Waals surface area contributed by atoms with Gasteiger partial charge in [-0.25, -0.2) is 19.0 Å². The summed E-state index contributed by atoms with van der Waals surface area (Å²) < 4.78 is 30.0. The molecular formula is C24H25FN6O2. The first-order valence-electron chi connectivity index (χ1n) is 10.9. The van der Waals surface area contributed by atoms with Gasteiger partial charge in [-0.1, -0.05) is 0 Å². The number of nitrogens with zero attached hydrogens (tertiary/aromatic N) is 6. The van der Waals surface area contributed by atoms with E-state index in [1.807, 2.05) is 36.0 Å². The Morgan fingerprint density at radius 1 is 1.12 bits per heavy atom. The molecule has 1 unspecified atom stereocenters. The van der Waals surface area contributed by atoms with Crippen LogP contribution in [0, 0.1) is 12.7 Å². The molecular weight excluding hydrogens is 423 g/mol. The van der Waals surface area contributed by atoms with Crippen molar-refractivity contribution in [2.75, 3.05) is 6.61 Å². The maximum atomic E-state index is 14.1. The summed E-state index contributed by atoms with van der Waals surface area (Å²) in [6.45, 7) is 8.97. The number of rotatable bonds is 5. The fourth-order valence-corrected chi connectivity index (χ4v) is 3.99. The van der Waals surface area contributed by atoms with Gasteiger partial charge in [-0.2, -0.15) is 5.10 Å². The average Bonchev–Trinajstić information content (AvgIpc) is 3.34. The maximum absolute atomic E-state index is 14.1. The number of hydrogen-bond donors (Lipinski definition) is 0. The fraction of sp³-hybridized carbons (Fsp3) is 0.333. The Kier molecular flexibility index (Phi) is 5.32. The van der Waals surface area contributed by atoms with E-state index in [0.29, 0.717) is 36.0 Å². The minimum absolute atomic E-state index is 0.172. The zero-order valence-corrected chi connectivity index (χ0v) is 19.0. The first-order valence-corrected chi connectivity index (χ1v) is 10.9. The summed E-state index contributed by atoms with van der Waals surface area (Å²) in [6, 6.07) is 7.39. The van der Waals surface area contributed by atoms with Crippen LogP contribution in [0.1, 0.15) is 44.3 Å². The van der Waals surface area contributed by atoms with Crippen molar-refractivity contribution in [3.05, 3.63) is 60.1 Å². The summed E-state index contributed by atoms with van der Waals surface area (Å²) in [5.41, 5.74) is 2.08. The summed E-state index contributed by atoms with van der Waals surface area (Å²) in [6.07, 6.45) is 4.26. The van der Waals surface area contributed by atoms with Gasteiger partial charge in [-0.15, -0.1) is 0 Å². The van der Waals surface area contributed by atoms with E-state index < -0.39 is 11.9 Å². The second-order valence-corrected chi connectivity index (χ2v) is 8.33. The summed E-state index contributed by atoms with van der Waals surface area (Å²) in [7, 11) is 0. The molecule has 8 nitrogen and oxygen atoms in total. The number of aromatic nitrogens is 6. The largest absolute Gasteiger partial charge is 0.491 e. The second-order valence-electron chi connectivity index (χ2n) is 8.33. The van der Waals surface area contributed by atoms with Gasteiger partial charge in [0.25, 0.3) is 0 Å². The lowest BCUT2D eigenvalue weighted by molar-refractivity contribution is 0.219. The Labute approximate surface area is 191 Å². The van der Waals surface area contributed by atoms with Gasteiger partial charge in [-0.3, -0.25) is 4.98 Å². The Morgan fingerprint density at radius 2 is 1.97 bits per heavy atom. The summed E-state index contributed by atoms with van der Waals surface area (Å²) in [5, 5.41) is 4.51. The molecule has 5 rings (SSSR count). The number of hydrogen-bond acceptors (Lipinski definition) is 6. The number of halogens is 1. The van der Waals surface area contributed by atoms with Crippen LogP contribution in [0.5, 0.6) is 11.5 Å². The van der Waals surface area contributed by atoms with Crippen molar-refractivity contribution in [3.8, 4) is 34.4 Å². The van der Waals surface area contributed by atoms with Crippen molar-refractivity contribution in [1.82, 2.24) is 29.3 Å². The van der Waals surface area contributed by atoms with Gasteiger partial charge >= 0.3 is 0 Å².